The fraction of sp³-hybridized carbons (Fsp3) is 0.444. The van der Waals surface area contributed by atoms with Crippen molar-refractivity contribution in [2.45, 2.75) is 52.5 Å². The third-order valence-corrected chi connectivity index (χ3v) is 5.63. The molecule has 2 aromatic rings. The predicted octanol–water partition coefficient (Wildman–Crippen LogP) is 5.42. The Kier molecular flexibility index (Phi) is 3.84. The molecule has 3 rings (SSSR count). The van der Waals surface area contributed by atoms with Gasteiger partial charge in [-0.15, -0.1) is 11.3 Å². The molecule has 0 bridgehead atoms. The SMILES string of the molecule is Cc1ccc(C)c(NC(C)c2cc3c(s2)CCCC3)c1. The predicted molar refractivity (Wildman–Crippen MR) is 88.9 cm³/mol. The lowest BCUT2D eigenvalue weighted by Gasteiger charge is -2.16. The second-order valence-corrected chi connectivity index (χ2v) is 7.16. The topological polar surface area (TPSA) is 12.0 Å². The number of thiophene rings is 1. The van der Waals surface area contributed by atoms with Crippen LogP contribution in [0.25, 0.3) is 0 Å². The summed E-state index contributed by atoms with van der Waals surface area (Å²) >= 11 is 2.01. The number of aryl methyl sites for hydroxylation is 4. The van der Waals surface area contributed by atoms with Crippen LogP contribution in [-0.4, -0.2) is 0 Å². The molecule has 0 radical (unpaired) electrons. The Morgan fingerprint density at radius 1 is 1.10 bits per heavy atom. The molecule has 1 atom stereocenters. The highest BCUT2D eigenvalue weighted by atomic mass is 32.1. The minimum absolute atomic E-state index is 0.395. The van der Waals surface area contributed by atoms with E-state index in [2.05, 4.69) is 50.4 Å². The molecule has 1 nitrogen and oxygen atoms in total. The third-order valence-electron chi connectivity index (χ3n) is 4.21. The summed E-state index contributed by atoms with van der Waals surface area (Å²) in [6, 6.07) is 9.45. The summed E-state index contributed by atoms with van der Waals surface area (Å²) in [4.78, 5) is 3.11. The van der Waals surface area contributed by atoms with Crippen LogP contribution < -0.4 is 5.32 Å². The van der Waals surface area contributed by atoms with E-state index in [-0.39, 0.29) is 0 Å². The summed E-state index contributed by atoms with van der Waals surface area (Å²) < 4.78 is 0. The molecular weight excluding hydrogens is 262 g/mol. The van der Waals surface area contributed by atoms with Gasteiger partial charge in [-0.2, -0.15) is 0 Å². The number of hydrogen-bond donors (Lipinski definition) is 1. The number of rotatable bonds is 3. The Labute approximate surface area is 126 Å². The van der Waals surface area contributed by atoms with Crippen molar-refractivity contribution >= 4 is 17.0 Å². The van der Waals surface area contributed by atoms with Gasteiger partial charge in [-0.05, 0) is 75.3 Å². The molecule has 1 aromatic carbocycles. The lowest BCUT2D eigenvalue weighted by molar-refractivity contribution is 0.696. The average Bonchev–Trinajstić information content (AvgIpc) is 2.87. The summed E-state index contributed by atoms with van der Waals surface area (Å²) in [7, 11) is 0. The highest BCUT2D eigenvalue weighted by molar-refractivity contribution is 7.12. The van der Waals surface area contributed by atoms with Crippen LogP contribution in [0.15, 0.2) is 24.3 Å². The van der Waals surface area contributed by atoms with Crippen molar-refractivity contribution in [3.63, 3.8) is 0 Å². The largest absolute Gasteiger partial charge is 0.377 e. The van der Waals surface area contributed by atoms with Gasteiger partial charge in [0.2, 0.25) is 0 Å². The maximum atomic E-state index is 3.69. The molecular formula is C18H23NS. The van der Waals surface area contributed by atoms with Gasteiger partial charge >= 0.3 is 0 Å². The van der Waals surface area contributed by atoms with Crippen LogP contribution in [0.1, 0.15) is 52.3 Å². The van der Waals surface area contributed by atoms with E-state index >= 15 is 0 Å². The van der Waals surface area contributed by atoms with E-state index in [0.29, 0.717) is 6.04 Å². The quantitative estimate of drug-likeness (QED) is 0.794. The summed E-state index contributed by atoms with van der Waals surface area (Å²) in [5, 5.41) is 3.69. The first-order valence-corrected chi connectivity index (χ1v) is 8.40. The van der Waals surface area contributed by atoms with Gasteiger partial charge in [0, 0.05) is 15.4 Å². The first-order chi connectivity index (χ1) is 9.63. The molecule has 1 unspecified atom stereocenters. The van der Waals surface area contributed by atoms with Crippen LogP contribution in [0, 0.1) is 13.8 Å². The smallest absolute Gasteiger partial charge is 0.0578 e. The van der Waals surface area contributed by atoms with E-state index in [1.807, 2.05) is 11.3 Å². The minimum Gasteiger partial charge on any atom is -0.377 e. The zero-order chi connectivity index (χ0) is 14.1. The molecule has 2 heteroatoms. The van der Waals surface area contributed by atoms with Crippen molar-refractivity contribution in [2.75, 3.05) is 5.32 Å². The molecule has 0 saturated carbocycles. The number of anilines is 1. The molecule has 0 aliphatic heterocycles. The van der Waals surface area contributed by atoms with Crippen molar-refractivity contribution in [3.8, 4) is 0 Å². The zero-order valence-electron chi connectivity index (χ0n) is 12.6. The summed E-state index contributed by atoms with van der Waals surface area (Å²) in [6.07, 6.45) is 5.30. The number of fused-ring (bicyclic) bond motifs is 1. The summed E-state index contributed by atoms with van der Waals surface area (Å²) in [5.74, 6) is 0. The fourth-order valence-electron chi connectivity index (χ4n) is 2.92. The van der Waals surface area contributed by atoms with Crippen molar-refractivity contribution in [2.24, 2.45) is 0 Å². The Morgan fingerprint density at radius 3 is 2.70 bits per heavy atom. The molecule has 0 spiro atoms. The average molecular weight is 285 g/mol. The van der Waals surface area contributed by atoms with Gasteiger partial charge in [0.25, 0.3) is 0 Å². The lowest BCUT2D eigenvalue weighted by Crippen LogP contribution is -2.06. The van der Waals surface area contributed by atoms with Gasteiger partial charge in [0.15, 0.2) is 0 Å². The van der Waals surface area contributed by atoms with Gasteiger partial charge in [0.1, 0.15) is 0 Å². The minimum atomic E-state index is 0.395. The summed E-state index contributed by atoms with van der Waals surface area (Å²) in [5.41, 5.74) is 5.51. The zero-order valence-corrected chi connectivity index (χ0v) is 13.4. The standard InChI is InChI=1S/C18H23NS/c1-12-8-9-13(2)16(10-12)19-14(3)18-11-15-6-4-5-7-17(15)20-18/h8-11,14,19H,4-7H2,1-3H3. The number of hydrogen-bond acceptors (Lipinski definition) is 2. The molecule has 1 heterocycles. The second-order valence-electron chi connectivity index (χ2n) is 5.99. The maximum absolute atomic E-state index is 3.69. The number of benzene rings is 1. The van der Waals surface area contributed by atoms with Gasteiger partial charge in [-0.25, -0.2) is 0 Å². The summed E-state index contributed by atoms with van der Waals surface area (Å²) in [6.45, 7) is 6.60. The van der Waals surface area contributed by atoms with E-state index in [1.54, 1.807) is 10.4 Å². The van der Waals surface area contributed by atoms with Crippen LogP contribution in [0.5, 0.6) is 0 Å². The molecule has 0 saturated heterocycles. The Hall–Kier alpha value is -1.28. The maximum Gasteiger partial charge on any atom is 0.0578 e. The van der Waals surface area contributed by atoms with Crippen molar-refractivity contribution in [3.05, 3.63) is 50.7 Å². The van der Waals surface area contributed by atoms with Gasteiger partial charge in [-0.1, -0.05) is 12.1 Å². The fourth-order valence-corrected chi connectivity index (χ4v) is 4.18. The lowest BCUT2D eigenvalue weighted by atomic mass is 9.99. The van der Waals surface area contributed by atoms with Crippen molar-refractivity contribution in [1.29, 1.82) is 0 Å². The monoisotopic (exact) mass is 285 g/mol. The van der Waals surface area contributed by atoms with Crippen molar-refractivity contribution in [1.82, 2.24) is 0 Å². The van der Waals surface area contributed by atoms with Crippen LogP contribution >= 0.6 is 11.3 Å². The first kappa shape index (κ1) is 13.7. The molecule has 1 N–H and O–H groups in total. The van der Waals surface area contributed by atoms with Crippen molar-refractivity contribution < 1.29 is 0 Å². The van der Waals surface area contributed by atoms with Gasteiger partial charge in [0.05, 0.1) is 6.04 Å². The van der Waals surface area contributed by atoms with Crippen LogP contribution in [0.2, 0.25) is 0 Å². The molecule has 0 amide bonds. The van der Waals surface area contributed by atoms with E-state index < -0.39 is 0 Å². The Bertz CT molecular complexity index is 588. The normalized spacial score (nSPS) is 15.8. The van der Waals surface area contributed by atoms with Crippen LogP contribution in [0.4, 0.5) is 5.69 Å². The van der Waals surface area contributed by atoms with Gasteiger partial charge < -0.3 is 5.32 Å². The van der Waals surface area contributed by atoms with E-state index in [4.69, 9.17) is 0 Å². The third kappa shape index (κ3) is 2.76. The van der Waals surface area contributed by atoms with Gasteiger partial charge in [-0.3, -0.25) is 0 Å². The highest BCUT2D eigenvalue weighted by Gasteiger charge is 2.16. The molecule has 0 fully saturated rings. The molecule has 20 heavy (non-hydrogen) atoms. The number of nitrogens with one attached hydrogen (secondary N) is 1. The van der Waals surface area contributed by atoms with E-state index in [9.17, 15) is 0 Å². The molecule has 1 aromatic heterocycles. The Balaban J connectivity index is 1.80. The highest BCUT2D eigenvalue weighted by Crippen LogP contribution is 2.34. The van der Waals surface area contributed by atoms with E-state index in [1.165, 1.54) is 47.4 Å². The molecule has 1 aliphatic rings. The second kappa shape index (κ2) is 5.61. The van der Waals surface area contributed by atoms with Crippen LogP contribution in [0.3, 0.4) is 0 Å². The van der Waals surface area contributed by atoms with E-state index in [0.717, 1.165) is 0 Å². The first-order valence-electron chi connectivity index (χ1n) is 7.59. The Morgan fingerprint density at radius 2 is 1.90 bits per heavy atom. The van der Waals surface area contributed by atoms with Crippen LogP contribution in [-0.2, 0) is 12.8 Å². The molecule has 106 valence electrons. The molecule has 1 aliphatic carbocycles.